The van der Waals surface area contributed by atoms with E-state index in [2.05, 4.69) is 5.32 Å². The Morgan fingerprint density at radius 2 is 1.90 bits per heavy atom. The van der Waals surface area contributed by atoms with Gasteiger partial charge >= 0.3 is 5.97 Å². The summed E-state index contributed by atoms with van der Waals surface area (Å²) in [6.07, 6.45) is 0. The van der Waals surface area contributed by atoms with Crippen LogP contribution in [0.5, 0.6) is 0 Å². The molecule has 0 aromatic heterocycles. The van der Waals surface area contributed by atoms with Crippen molar-refractivity contribution < 1.29 is 23.1 Å². The van der Waals surface area contributed by atoms with E-state index in [1.807, 2.05) is 0 Å². The molecule has 1 aromatic rings. The number of sulfonamides is 1. The predicted octanol–water partition coefficient (Wildman–Crippen LogP) is 0.793. The summed E-state index contributed by atoms with van der Waals surface area (Å²) < 4.78 is 25.0. The van der Waals surface area contributed by atoms with Crippen LogP contribution in [0.4, 0.5) is 0 Å². The largest absolute Gasteiger partial charge is 0.480 e. The third-order valence-corrected chi connectivity index (χ3v) is 4.82. The van der Waals surface area contributed by atoms with Crippen LogP contribution in [0.1, 0.15) is 17.3 Å². The van der Waals surface area contributed by atoms with Gasteiger partial charge in [-0.25, -0.2) is 12.7 Å². The molecule has 1 rings (SSSR count). The van der Waals surface area contributed by atoms with Crippen LogP contribution in [0.25, 0.3) is 0 Å². The molecule has 0 fully saturated rings. The van der Waals surface area contributed by atoms with Gasteiger partial charge in [0.1, 0.15) is 6.04 Å². The first kappa shape index (κ1) is 17.4. The van der Waals surface area contributed by atoms with Crippen LogP contribution in [0, 0.1) is 0 Å². The Balaban J connectivity index is 3.20. The molecule has 0 aliphatic carbocycles. The van der Waals surface area contributed by atoms with E-state index < -0.39 is 27.9 Å². The molecule has 2 N–H and O–H groups in total. The fraction of sp³-hybridized carbons (Fsp3) is 0.333. The van der Waals surface area contributed by atoms with E-state index in [9.17, 15) is 18.0 Å². The van der Waals surface area contributed by atoms with Gasteiger partial charge in [0.25, 0.3) is 5.91 Å². The molecular formula is C12H15ClN2O5S. The van der Waals surface area contributed by atoms with E-state index in [4.69, 9.17) is 16.7 Å². The molecule has 1 amide bonds. The number of hydrogen-bond donors (Lipinski definition) is 2. The van der Waals surface area contributed by atoms with Crippen molar-refractivity contribution in [1.82, 2.24) is 9.62 Å². The quantitative estimate of drug-likeness (QED) is 0.828. The molecule has 0 saturated heterocycles. The first-order valence-electron chi connectivity index (χ1n) is 5.83. The molecule has 0 saturated carbocycles. The van der Waals surface area contributed by atoms with Gasteiger partial charge in [0.2, 0.25) is 10.0 Å². The van der Waals surface area contributed by atoms with Crippen molar-refractivity contribution in [3.05, 3.63) is 28.8 Å². The summed E-state index contributed by atoms with van der Waals surface area (Å²) in [6.45, 7) is 1.29. The summed E-state index contributed by atoms with van der Waals surface area (Å²) in [4.78, 5) is 22.6. The summed E-state index contributed by atoms with van der Waals surface area (Å²) >= 11 is 5.87. The number of carbonyl (C=O) groups is 2. The van der Waals surface area contributed by atoms with Crippen molar-refractivity contribution in [2.45, 2.75) is 17.9 Å². The third kappa shape index (κ3) is 3.93. The zero-order chi connectivity index (χ0) is 16.4. The number of nitrogens with one attached hydrogen (secondary N) is 1. The van der Waals surface area contributed by atoms with Crippen LogP contribution in [-0.2, 0) is 14.8 Å². The van der Waals surface area contributed by atoms with Crippen LogP contribution in [-0.4, -0.2) is 49.8 Å². The Hall–Kier alpha value is -1.64. The maximum absolute atomic E-state index is 12.0. The number of aliphatic carboxylic acids is 1. The maximum Gasteiger partial charge on any atom is 0.325 e. The smallest absolute Gasteiger partial charge is 0.325 e. The molecule has 1 atom stereocenters. The zero-order valence-corrected chi connectivity index (χ0v) is 13.2. The fourth-order valence-electron chi connectivity index (χ4n) is 1.39. The number of rotatable bonds is 5. The van der Waals surface area contributed by atoms with E-state index in [0.717, 1.165) is 10.4 Å². The van der Waals surface area contributed by atoms with Gasteiger partial charge in [-0.15, -0.1) is 0 Å². The molecule has 0 bridgehead atoms. The summed E-state index contributed by atoms with van der Waals surface area (Å²) in [6, 6.07) is 2.54. The van der Waals surface area contributed by atoms with Gasteiger partial charge < -0.3 is 10.4 Å². The third-order valence-electron chi connectivity index (χ3n) is 2.68. The Labute approximate surface area is 127 Å². The molecule has 1 aromatic carbocycles. The highest BCUT2D eigenvalue weighted by Gasteiger charge is 2.22. The number of hydrogen-bond acceptors (Lipinski definition) is 4. The SMILES string of the molecule is C[C@@H](NC(=O)c1cc(S(=O)(=O)N(C)C)ccc1Cl)C(=O)O. The Morgan fingerprint density at radius 1 is 1.33 bits per heavy atom. The number of carbonyl (C=O) groups excluding carboxylic acids is 1. The Kier molecular flexibility index (Phi) is 5.32. The normalized spacial score (nSPS) is 13.0. The molecule has 0 radical (unpaired) electrons. The lowest BCUT2D eigenvalue weighted by Gasteiger charge is -2.14. The van der Waals surface area contributed by atoms with Gasteiger partial charge in [-0.05, 0) is 25.1 Å². The summed E-state index contributed by atoms with van der Waals surface area (Å²) in [7, 11) is -1.00. The lowest BCUT2D eigenvalue weighted by Crippen LogP contribution is -2.38. The second-order valence-corrected chi connectivity index (χ2v) is 7.02. The fourth-order valence-corrected chi connectivity index (χ4v) is 2.52. The summed E-state index contributed by atoms with van der Waals surface area (Å²) in [5.74, 6) is -1.97. The van der Waals surface area contributed by atoms with Gasteiger partial charge in [0.15, 0.2) is 0 Å². The lowest BCUT2D eigenvalue weighted by atomic mass is 10.2. The summed E-state index contributed by atoms with van der Waals surface area (Å²) in [5.41, 5.74) is -0.104. The molecule has 9 heteroatoms. The van der Waals surface area contributed by atoms with E-state index in [1.54, 1.807) is 0 Å². The topological polar surface area (TPSA) is 104 Å². The second kappa shape index (κ2) is 6.42. The van der Waals surface area contributed by atoms with Crippen LogP contribution < -0.4 is 5.32 Å². The van der Waals surface area contributed by atoms with Gasteiger partial charge in [0.05, 0.1) is 15.5 Å². The molecule has 21 heavy (non-hydrogen) atoms. The van der Waals surface area contributed by atoms with Crippen molar-refractivity contribution in [1.29, 1.82) is 0 Å². The molecule has 0 aliphatic heterocycles. The second-order valence-electron chi connectivity index (χ2n) is 4.46. The van der Waals surface area contributed by atoms with Crippen molar-refractivity contribution >= 4 is 33.5 Å². The van der Waals surface area contributed by atoms with E-state index >= 15 is 0 Å². The zero-order valence-electron chi connectivity index (χ0n) is 11.6. The molecule has 7 nitrogen and oxygen atoms in total. The van der Waals surface area contributed by atoms with Crippen molar-refractivity contribution in [2.75, 3.05) is 14.1 Å². The van der Waals surface area contributed by atoms with Gasteiger partial charge in [0, 0.05) is 14.1 Å². The van der Waals surface area contributed by atoms with Gasteiger partial charge in [-0.1, -0.05) is 11.6 Å². The average Bonchev–Trinajstić information content (AvgIpc) is 2.38. The van der Waals surface area contributed by atoms with E-state index in [0.29, 0.717) is 0 Å². The number of carboxylic acid groups (broad SMARTS) is 1. The van der Waals surface area contributed by atoms with Crippen LogP contribution in [0.3, 0.4) is 0 Å². The van der Waals surface area contributed by atoms with Crippen molar-refractivity contribution in [2.24, 2.45) is 0 Å². The minimum Gasteiger partial charge on any atom is -0.480 e. The van der Waals surface area contributed by atoms with Crippen molar-refractivity contribution in [3.63, 3.8) is 0 Å². The molecular weight excluding hydrogens is 320 g/mol. The lowest BCUT2D eigenvalue weighted by molar-refractivity contribution is -0.138. The molecule has 0 aliphatic rings. The average molecular weight is 335 g/mol. The number of amides is 1. The number of nitrogens with zero attached hydrogens (tertiary/aromatic N) is 1. The molecule has 116 valence electrons. The number of carboxylic acids is 1. The Bertz CT molecular complexity index is 672. The van der Waals surface area contributed by atoms with Crippen LogP contribution in [0.15, 0.2) is 23.1 Å². The molecule has 0 heterocycles. The van der Waals surface area contributed by atoms with E-state index in [-0.39, 0.29) is 15.5 Å². The van der Waals surface area contributed by atoms with E-state index in [1.165, 1.54) is 33.2 Å². The van der Waals surface area contributed by atoms with Crippen LogP contribution >= 0.6 is 11.6 Å². The minimum absolute atomic E-state index is 0.0304. The van der Waals surface area contributed by atoms with Gasteiger partial charge in [-0.3, -0.25) is 9.59 Å². The first-order valence-corrected chi connectivity index (χ1v) is 7.65. The standard InChI is InChI=1S/C12H15ClN2O5S/c1-7(12(17)18)14-11(16)9-6-8(4-5-10(9)13)21(19,20)15(2)3/h4-7H,1-3H3,(H,14,16)(H,17,18)/t7-/m1/s1. The highest BCUT2D eigenvalue weighted by Crippen LogP contribution is 2.22. The number of halogens is 1. The molecule has 0 unspecified atom stereocenters. The Morgan fingerprint density at radius 3 is 2.38 bits per heavy atom. The highest BCUT2D eigenvalue weighted by atomic mass is 35.5. The monoisotopic (exact) mass is 334 g/mol. The minimum atomic E-state index is -3.72. The predicted molar refractivity (Wildman–Crippen MR) is 76.9 cm³/mol. The number of benzene rings is 1. The summed E-state index contributed by atoms with van der Waals surface area (Å²) in [5, 5.41) is 11.0. The van der Waals surface area contributed by atoms with Crippen LogP contribution in [0.2, 0.25) is 5.02 Å². The first-order chi connectivity index (χ1) is 9.57. The van der Waals surface area contributed by atoms with Crippen molar-refractivity contribution in [3.8, 4) is 0 Å². The molecule has 0 spiro atoms. The maximum atomic E-state index is 12.0. The van der Waals surface area contributed by atoms with Gasteiger partial charge in [-0.2, -0.15) is 0 Å². The highest BCUT2D eigenvalue weighted by molar-refractivity contribution is 7.89.